The Hall–Kier alpha value is -2.71. The molecule has 1 aromatic heterocycles. The molecule has 0 saturated carbocycles. The highest BCUT2D eigenvalue weighted by atomic mass is 32.1. The zero-order chi connectivity index (χ0) is 22.7. The Morgan fingerprint density at radius 2 is 1.78 bits per heavy atom. The Kier molecular flexibility index (Phi) is 6.62. The van der Waals surface area contributed by atoms with Gasteiger partial charge in [0.25, 0.3) is 5.91 Å². The number of anilines is 1. The number of ketones is 1. The molecule has 0 unspecified atom stereocenters. The van der Waals surface area contributed by atoms with E-state index in [1.807, 2.05) is 47.8 Å². The van der Waals surface area contributed by atoms with Gasteiger partial charge in [-0.25, -0.2) is 9.69 Å². The van der Waals surface area contributed by atoms with E-state index in [0.717, 1.165) is 36.6 Å². The van der Waals surface area contributed by atoms with Crippen LogP contribution in [0.3, 0.4) is 0 Å². The van der Waals surface area contributed by atoms with Crippen molar-refractivity contribution >= 4 is 34.7 Å². The summed E-state index contributed by atoms with van der Waals surface area (Å²) in [5.74, 6) is 0.0973. The van der Waals surface area contributed by atoms with Gasteiger partial charge in [0.15, 0.2) is 5.78 Å². The molecule has 3 amide bonds. The number of likely N-dealkylation sites (tertiary alicyclic amines) is 1. The number of imide groups is 1. The van der Waals surface area contributed by atoms with Crippen LogP contribution in [0.1, 0.15) is 35.4 Å². The van der Waals surface area contributed by atoms with Gasteiger partial charge in [0.05, 0.1) is 4.88 Å². The lowest BCUT2D eigenvalue weighted by Gasteiger charge is -2.43. The Labute approximate surface area is 193 Å². The fourth-order valence-electron chi connectivity index (χ4n) is 4.69. The van der Waals surface area contributed by atoms with E-state index in [0.29, 0.717) is 19.3 Å². The topological polar surface area (TPSA) is 64.2 Å². The standard InChI is InChI=1S/C24H30N4O3S/c1-25(2)23(31)27-18-28(19-8-4-3-5-9-19)24(22(27)30)12-15-26(16-13-24)14-6-10-20(29)21-11-7-17-32-21/h3-5,7-9,11,17H,6,10,12-16,18H2,1-2H3. The number of amides is 3. The smallest absolute Gasteiger partial charge is 0.327 e. The minimum atomic E-state index is -0.698. The zero-order valence-electron chi connectivity index (χ0n) is 18.7. The maximum Gasteiger partial charge on any atom is 0.327 e. The van der Waals surface area contributed by atoms with Gasteiger partial charge in [-0.2, -0.15) is 0 Å². The van der Waals surface area contributed by atoms with E-state index >= 15 is 0 Å². The Morgan fingerprint density at radius 3 is 2.41 bits per heavy atom. The molecule has 2 aliphatic heterocycles. The van der Waals surface area contributed by atoms with Gasteiger partial charge in [-0.3, -0.25) is 9.59 Å². The van der Waals surface area contributed by atoms with Gasteiger partial charge < -0.3 is 14.7 Å². The van der Waals surface area contributed by atoms with E-state index in [4.69, 9.17) is 0 Å². The van der Waals surface area contributed by atoms with Crippen molar-refractivity contribution in [3.05, 3.63) is 52.7 Å². The molecule has 0 atom stereocenters. The number of rotatable bonds is 6. The second-order valence-electron chi connectivity index (χ2n) is 8.69. The fourth-order valence-corrected chi connectivity index (χ4v) is 5.38. The van der Waals surface area contributed by atoms with Crippen LogP contribution < -0.4 is 4.90 Å². The second kappa shape index (κ2) is 9.42. The van der Waals surface area contributed by atoms with Gasteiger partial charge in [-0.15, -0.1) is 11.3 Å². The summed E-state index contributed by atoms with van der Waals surface area (Å²) < 4.78 is 0. The molecule has 7 nitrogen and oxygen atoms in total. The third-order valence-corrected chi connectivity index (χ3v) is 7.39. The first-order chi connectivity index (χ1) is 15.4. The van der Waals surface area contributed by atoms with Crippen molar-refractivity contribution in [2.75, 3.05) is 45.3 Å². The molecule has 0 aliphatic carbocycles. The number of piperidine rings is 1. The van der Waals surface area contributed by atoms with Gasteiger partial charge in [0, 0.05) is 39.3 Å². The summed E-state index contributed by atoms with van der Waals surface area (Å²) in [7, 11) is 3.35. The van der Waals surface area contributed by atoms with Crippen molar-refractivity contribution in [1.82, 2.24) is 14.7 Å². The molecule has 2 aromatic rings. The molecule has 0 bridgehead atoms. The lowest BCUT2D eigenvalue weighted by Crippen LogP contribution is -2.57. The minimum absolute atomic E-state index is 0.104. The quantitative estimate of drug-likeness (QED) is 0.625. The summed E-state index contributed by atoms with van der Waals surface area (Å²) in [6, 6.07) is 13.4. The van der Waals surface area contributed by atoms with E-state index in [-0.39, 0.29) is 24.4 Å². The third kappa shape index (κ3) is 4.29. The lowest BCUT2D eigenvalue weighted by atomic mass is 9.85. The Balaban J connectivity index is 1.42. The minimum Gasteiger partial charge on any atom is -0.338 e. The average Bonchev–Trinajstić information content (AvgIpc) is 3.43. The molecule has 3 heterocycles. The predicted octanol–water partition coefficient (Wildman–Crippen LogP) is 3.53. The van der Waals surface area contributed by atoms with Crippen molar-refractivity contribution < 1.29 is 14.4 Å². The second-order valence-corrected chi connectivity index (χ2v) is 9.64. The molecule has 8 heteroatoms. The highest BCUT2D eigenvalue weighted by molar-refractivity contribution is 7.12. The first-order valence-electron chi connectivity index (χ1n) is 11.1. The fraction of sp³-hybridized carbons (Fsp3) is 0.458. The van der Waals surface area contributed by atoms with Gasteiger partial charge in [-0.05, 0) is 49.4 Å². The SMILES string of the molecule is CN(C)C(=O)N1CN(c2ccccc2)C2(CCN(CCCC(=O)c3cccs3)CC2)C1=O. The van der Waals surface area contributed by atoms with Crippen molar-refractivity contribution in [2.45, 2.75) is 31.2 Å². The van der Waals surface area contributed by atoms with Crippen molar-refractivity contribution in [2.24, 2.45) is 0 Å². The zero-order valence-corrected chi connectivity index (χ0v) is 19.5. The van der Waals surface area contributed by atoms with Crippen LogP contribution in [0.5, 0.6) is 0 Å². The summed E-state index contributed by atoms with van der Waals surface area (Å²) in [4.78, 5) is 46.6. The molecule has 1 aromatic carbocycles. The van der Waals surface area contributed by atoms with Gasteiger partial charge in [0.1, 0.15) is 12.2 Å². The van der Waals surface area contributed by atoms with Crippen LogP contribution in [0.2, 0.25) is 0 Å². The molecule has 1 spiro atoms. The van der Waals surface area contributed by atoms with Crippen LogP contribution in [-0.2, 0) is 4.79 Å². The number of benzene rings is 1. The molecule has 0 N–H and O–H groups in total. The number of Topliss-reactive ketones (excluding diaryl/α,β-unsaturated/α-hetero) is 1. The van der Waals surface area contributed by atoms with E-state index in [2.05, 4.69) is 9.80 Å². The number of thiophene rings is 1. The van der Waals surface area contributed by atoms with Crippen LogP contribution in [0.4, 0.5) is 10.5 Å². The summed E-state index contributed by atoms with van der Waals surface area (Å²) >= 11 is 1.49. The van der Waals surface area contributed by atoms with Crippen molar-refractivity contribution in [3.63, 3.8) is 0 Å². The van der Waals surface area contributed by atoms with Crippen LogP contribution in [-0.4, -0.2) is 78.4 Å². The van der Waals surface area contributed by atoms with Gasteiger partial charge in [0.2, 0.25) is 0 Å². The number of para-hydroxylation sites is 1. The molecule has 4 rings (SSSR count). The van der Waals surface area contributed by atoms with E-state index in [9.17, 15) is 14.4 Å². The molecule has 2 saturated heterocycles. The maximum atomic E-state index is 13.5. The van der Waals surface area contributed by atoms with Gasteiger partial charge in [-0.1, -0.05) is 24.3 Å². The maximum absolute atomic E-state index is 13.5. The predicted molar refractivity (Wildman–Crippen MR) is 126 cm³/mol. The highest BCUT2D eigenvalue weighted by Crippen LogP contribution is 2.39. The monoisotopic (exact) mass is 454 g/mol. The molecule has 2 fully saturated rings. The first-order valence-corrected chi connectivity index (χ1v) is 12.0. The summed E-state index contributed by atoms with van der Waals surface area (Å²) in [5.41, 5.74) is 0.265. The van der Waals surface area contributed by atoms with E-state index < -0.39 is 5.54 Å². The molecule has 170 valence electrons. The normalized spacial score (nSPS) is 18.4. The molecule has 32 heavy (non-hydrogen) atoms. The number of carbonyl (C=O) groups excluding carboxylic acids is 3. The van der Waals surface area contributed by atoms with Crippen molar-refractivity contribution in [1.29, 1.82) is 0 Å². The lowest BCUT2D eigenvalue weighted by molar-refractivity contribution is -0.131. The number of urea groups is 1. The van der Waals surface area contributed by atoms with E-state index in [1.54, 1.807) is 14.1 Å². The molecular formula is C24H30N4O3S. The van der Waals surface area contributed by atoms with Crippen LogP contribution in [0, 0.1) is 0 Å². The first kappa shape index (κ1) is 22.5. The van der Waals surface area contributed by atoms with Gasteiger partial charge >= 0.3 is 6.03 Å². The Bertz CT molecular complexity index is 953. The molecule has 0 radical (unpaired) electrons. The molecular weight excluding hydrogens is 424 g/mol. The number of hydrogen-bond acceptors (Lipinski definition) is 6. The summed E-state index contributed by atoms with van der Waals surface area (Å²) in [6.07, 6.45) is 2.68. The third-order valence-electron chi connectivity index (χ3n) is 6.48. The molecule has 2 aliphatic rings. The van der Waals surface area contributed by atoms with Crippen LogP contribution in [0.15, 0.2) is 47.8 Å². The highest BCUT2D eigenvalue weighted by Gasteiger charge is 2.55. The average molecular weight is 455 g/mol. The summed E-state index contributed by atoms with van der Waals surface area (Å²) in [6.45, 7) is 2.65. The van der Waals surface area contributed by atoms with Crippen LogP contribution in [0.25, 0.3) is 0 Å². The number of hydrogen-bond donors (Lipinski definition) is 0. The Morgan fingerprint density at radius 1 is 1.06 bits per heavy atom. The number of carbonyl (C=O) groups is 3. The summed E-state index contributed by atoms with van der Waals surface area (Å²) in [5, 5.41) is 1.93. The van der Waals surface area contributed by atoms with Crippen molar-refractivity contribution in [3.8, 4) is 0 Å². The largest absolute Gasteiger partial charge is 0.338 e. The van der Waals surface area contributed by atoms with Crippen LogP contribution >= 0.6 is 11.3 Å². The van der Waals surface area contributed by atoms with E-state index in [1.165, 1.54) is 21.1 Å². The number of nitrogens with zero attached hydrogens (tertiary/aromatic N) is 4.